The van der Waals surface area contributed by atoms with Gasteiger partial charge in [-0.2, -0.15) is 0 Å². The summed E-state index contributed by atoms with van der Waals surface area (Å²) in [5.41, 5.74) is 1.05. The van der Waals surface area contributed by atoms with E-state index in [-0.39, 0.29) is 35.2 Å². The van der Waals surface area contributed by atoms with Crippen molar-refractivity contribution >= 4 is 15.9 Å². The SMILES string of the molecule is CCC(CC)NC(=O)CCNS(=O)(=O)c1ccc(C(C)(C)C)cc1. The molecule has 1 aromatic rings. The Morgan fingerprint density at radius 1 is 1.08 bits per heavy atom. The van der Waals surface area contributed by atoms with Gasteiger partial charge >= 0.3 is 0 Å². The van der Waals surface area contributed by atoms with E-state index >= 15 is 0 Å². The first kappa shape index (κ1) is 20.6. The van der Waals surface area contributed by atoms with Crippen molar-refractivity contribution in [3.05, 3.63) is 29.8 Å². The smallest absolute Gasteiger partial charge is 0.240 e. The minimum absolute atomic E-state index is 0.0249. The van der Waals surface area contributed by atoms with Crippen LogP contribution in [0.1, 0.15) is 59.4 Å². The number of amides is 1. The molecule has 1 rings (SSSR count). The molecular weight excluding hydrogens is 324 g/mol. The van der Waals surface area contributed by atoms with Gasteiger partial charge in [-0.15, -0.1) is 0 Å². The van der Waals surface area contributed by atoms with Crippen molar-refractivity contribution in [1.82, 2.24) is 10.0 Å². The van der Waals surface area contributed by atoms with E-state index in [0.717, 1.165) is 18.4 Å². The average Bonchev–Trinajstić information content (AvgIpc) is 2.51. The lowest BCUT2D eigenvalue weighted by atomic mass is 9.87. The third-order valence-corrected chi connectivity index (χ3v) is 5.50. The van der Waals surface area contributed by atoms with Gasteiger partial charge in [0.25, 0.3) is 0 Å². The standard InChI is InChI=1S/C18H30N2O3S/c1-6-15(7-2)20-17(21)12-13-19-24(22,23)16-10-8-14(9-11-16)18(3,4)5/h8-11,15,19H,6-7,12-13H2,1-5H3,(H,20,21). The van der Waals surface area contributed by atoms with Crippen molar-refractivity contribution in [2.75, 3.05) is 6.54 Å². The molecule has 6 heteroatoms. The van der Waals surface area contributed by atoms with Gasteiger partial charge in [0.1, 0.15) is 0 Å². The van der Waals surface area contributed by atoms with Gasteiger partial charge in [-0.25, -0.2) is 13.1 Å². The molecule has 1 aromatic carbocycles. The fraction of sp³-hybridized carbons (Fsp3) is 0.611. The number of hydrogen-bond acceptors (Lipinski definition) is 3. The Bertz CT molecular complexity index is 627. The molecule has 0 unspecified atom stereocenters. The third-order valence-electron chi connectivity index (χ3n) is 4.03. The number of rotatable bonds is 8. The van der Waals surface area contributed by atoms with E-state index in [1.165, 1.54) is 0 Å². The first-order valence-corrected chi connectivity index (χ1v) is 9.98. The minimum Gasteiger partial charge on any atom is -0.353 e. The fourth-order valence-electron chi connectivity index (χ4n) is 2.31. The third kappa shape index (κ3) is 6.24. The highest BCUT2D eigenvalue weighted by molar-refractivity contribution is 7.89. The van der Waals surface area contributed by atoms with Crippen LogP contribution in [0, 0.1) is 0 Å². The van der Waals surface area contributed by atoms with Gasteiger partial charge in [-0.05, 0) is 36.0 Å². The molecule has 0 aliphatic carbocycles. The molecule has 0 aliphatic rings. The van der Waals surface area contributed by atoms with Gasteiger partial charge in [-0.1, -0.05) is 46.8 Å². The van der Waals surface area contributed by atoms with E-state index in [2.05, 4.69) is 30.8 Å². The lowest BCUT2D eigenvalue weighted by molar-refractivity contribution is -0.121. The highest BCUT2D eigenvalue weighted by Crippen LogP contribution is 2.23. The second kappa shape index (κ2) is 8.62. The summed E-state index contributed by atoms with van der Waals surface area (Å²) in [4.78, 5) is 12.0. The van der Waals surface area contributed by atoms with Gasteiger partial charge < -0.3 is 5.32 Å². The van der Waals surface area contributed by atoms with Crippen LogP contribution in [0.5, 0.6) is 0 Å². The molecule has 0 radical (unpaired) electrons. The Labute approximate surface area is 146 Å². The maximum absolute atomic E-state index is 12.3. The predicted octanol–water partition coefficient (Wildman–Crippen LogP) is 2.96. The van der Waals surface area contributed by atoms with Crippen molar-refractivity contribution < 1.29 is 13.2 Å². The van der Waals surface area contributed by atoms with Gasteiger partial charge in [-0.3, -0.25) is 4.79 Å². The summed E-state index contributed by atoms with van der Waals surface area (Å²) in [5, 5.41) is 2.89. The molecule has 0 fully saturated rings. The van der Waals surface area contributed by atoms with Crippen LogP contribution in [0.15, 0.2) is 29.2 Å². The Hall–Kier alpha value is -1.40. The second-order valence-corrected chi connectivity index (χ2v) is 8.77. The van der Waals surface area contributed by atoms with Crippen LogP contribution < -0.4 is 10.0 Å². The zero-order valence-electron chi connectivity index (χ0n) is 15.3. The molecule has 0 heterocycles. The summed E-state index contributed by atoms with van der Waals surface area (Å²) in [6.07, 6.45) is 1.87. The summed E-state index contributed by atoms with van der Waals surface area (Å²) in [7, 11) is -3.59. The Morgan fingerprint density at radius 3 is 2.08 bits per heavy atom. The van der Waals surface area contributed by atoms with Crippen LogP contribution in [0.4, 0.5) is 0 Å². The molecule has 136 valence electrons. The second-order valence-electron chi connectivity index (χ2n) is 7.00. The van der Waals surface area contributed by atoms with Crippen molar-refractivity contribution in [3.8, 4) is 0 Å². The highest BCUT2D eigenvalue weighted by atomic mass is 32.2. The molecule has 0 aromatic heterocycles. The molecule has 24 heavy (non-hydrogen) atoms. The van der Waals surface area contributed by atoms with Crippen LogP contribution in [0.3, 0.4) is 0 Å². The normalized spacial score (nSPS) is 12.4. The fourth-order valence-corrected chi connectivity index (χ4v) is 3.34. The molecule has 5 nitrogen and oxygen atoms in total. The highest BCUT2D eigenvalue weighted by Gasteiger charge is 2.18. The molecule has 0 spiro atoms. The number of benzene rings is 1. The summed E-state index contributed by atoms with van der Waals surface area (Å²) in [6.45, 7) is 10.3. The monoisotopic (exact) mass is 354 g/mol. The number of hydrogen-bond donors (Lipinski definition) is 2. The summed E-state index contributed by atoms with van der Waals surface area (Å²) >= 11 is 0. The van der Waals surface area contributed by atoms with Crippen LogP contribution in [0.2, 0.25) is 0 Å². The van der Waals surface area contributed by atoms with Crippen LogP contribution in [-0.4, -0.2) is 26.9 Å². The quantitative estimate of drug-likeness (QED) is 0.753. The lowest BCUT2D eigenvalue weighted by Crippen LogP contribution is -2.36. The van der Waals surface area contributed by atoms with E-state index in [4.69, 9.17) is 0 Å². The summed E-state index contributed by atoms with van der Waals surface area (Å²) in [6, 6.07) is 7.02. The van der Waals surface area contributed by atoms with Crippen molar-refractivity contribution in [3.63, 3.8) is 0 Å². The van der Waals surface area contributed by atoms with E-state index in [9.17, 15) is 13.2 Å². The van der Waals surface area contributed by atoms with Crippen LogP contribution in [0.25, 0.3) is 0 Å². The zero-order valence-corrected chi connectivity index (χ0v) is 16.2. The molecule has 0 saturated carbocycles. The topological polar surface area (TPSA) is 75.3 Å². The summed E-state index contributed by atoms with van der Waals surface area (Å²) < 4.78 is 27.0. The molecule has 2 N–H and O–H groups in total. The molecule has 1 amide bonds. The molecular formula is C18H30N2O3S. The van der Waals surface area contributed by atoms with E-state index in [0.29, 0.717) is 0 Å². The lowest BCUT2D eigenvalue weighted by Gasteiger charge is -2.19. The number of carbonyl (C=O) groups is 1. The average molecular weight is 355 g/mol. The molecule has 0 atom stereocenters. The number of sulfonamides is 1. The van der Waals surface area contributed by atoms with E-state index < -0.39 is 10.0 Å². The Kier molecular flexibility index (Phi) is 7.42. The largest absolute Gasteiger partial charge is 0.353 e. The first-order chi connectivity index (χ1) is 11.1. The van der Waals surface area contributed by atoms with Crippen molar-refractivity contribution in [1.29, 1.82) is 0 Å². The van der Waals surface area contributed by atoms with E-state index in [1.807, 2.05) is 26.0 Å². The van der Waals surface area contributed by atoms with E-state index in [1.54, 1.807) is 12.1 Å². The van der Waals surface area contributed by atoms with Gasteiger partial charge in [0.2, 0.25) is 15.9 Å². The number of nitrogens with one attached hydrogen (secondary N) is 2. The van der Waals surface area contributed by atoms with Gasteiger partial charge in [0.15, 0.2) is 0 Å². The van der Waals surface area contributed by atoms with Crippen molar-refractivity contribution in [2.45, 2.75) is 70.2 Å². The minimum atomic E-state index is -3.59. The maximum atomic E-state index is 12.3. The first-order valence-electron chi connectivity index (χ1n) is 8.49. The predicted molar refractivity (Wildman–Crippen MR) is 97.5 cm³/mol. The zero-order chi connectivity index (χ0) is 18.4. The van der Waals surface area contributed by atoms with Crippen molar-refractivity contribution in [2.24, 2.45) is 0 Å². The molecule has 0 saturated heterocycles. The summed E-state index contributed by atoms with van der Waals surface area (Å²) in [5.74, 6) is -0.130. The van der Waals surface area contributed by atoms with Gasteiger partial charge in [0, 0.05) is 19.0 Å². The number of carbonyl (C=O) groups excluding carboxylic acids is 1. The van der Waals surface area contributed by atoms with Gasteiger partial charge in [0.05, 0.1) is 4.90 Å². The Morgan fingerprint density at radius 2 is 1.62 bits per heavy atom. The van der Waals surface area contributed by atoms with Crippen LogP contribution >= 0.6 is 0 Å². The molecule has 0 aliphatic heterocycles. The molecule has 0 bridgehead atoms. The van der Waals surface area contributed by atoms with Crippen LogP contribution in [-0.2, 0) is 20.2 Å². The maximum Gasteiger partial charge on any atom is 0.240 e. The Balaban J connectivity index is 2.59.